The molecule has 0 aromatic heterocycles. The van der Waals surface area contributed by atoms with Gasteiger partial charge in [-0.1, -0.05) is 64.4 Å². The molecule has 0 saturated carbocycles. The molecule has 100 valence electrons. The number of carbonyl (C=O) groups is 1. The maximum atomic E-state index is 11.0. The molecule has 1 unspecified atom stereocenters. The predicted molar refractivity (Wildman–Crippen MR) is 73.2 cm³/mol. The number of hydrogen-bond acceptors (Lipinski definition) is 1. The summed E-state index contributed by atoms with van der Waals surface area (Å²) in [7, 11) is 0. The van der Waals surface area contributed by atoms with Gasteiger partial charge in [-0.25, -0.2) is 0 Å². The van der Waals surface area contributed by atoms with E-state index in [9.17, 15) is 4.79 Å². The highest BCUT2D eigenvalue weighted by Crippen LogP contribution is 2.26. The summed E-state index contributed by atoms with van der Waals surface area (Å²) in [4.78, 5) is 11.0. The van der Waals surface area contributed by atoms with Crippen LogP contribution in [0, 0.1) is 5.41 Å². The van der Waals surface area contributed by atoms with Crippen LogP contribution in [0.15, 0.2) is 12.7 Å². The predicted octanol–water partition coefficient (Wildman–Crippen LogP) is 4.79. The maximum Gasteiger partial charge on any atom is 0.313 e. The lowest BCUT2D eigenvalue weighted by Crippen LogP contribution is -2.24. The van der Waals surface area contributed by atoms with Crippen molar-refractivity contribution in [3.8, 4) is 0 Å². The first-order chi connectivity index (χ1) is 8.06. The fourth-order valence-electron chi connectivity index (χ4n) is 1.92. The second kappa shape index (κ2) is 9.26. The van der Waals surface area contributed by atoms with E-state index in [1.807, 2.05) is 0 Å². The van der Waals surface area contributed by atoms with E-state index in [1.165, 1.54) is 38.5 Å². The Bertz CT molecular complexity index is 223. The Morgan fingerprint density at radius 2 is 1.59 bits per heavy atom. The van der Waals surface area contributed by atoms with Crippen LogP contribution in [0.1, 0.15) is 71.6 Å². The molecule has 0 spiro atoms. The van der Waals surface area contributed by atoms with Crippen LogP contribution >= 0.6 is 0 Å². The van der Waals surface area contributed by atoms with Gasteiger partial charge >= 0.3 is 5.97 Å². The van der Waals surface area contributed by atoms with E-state index >= 15 is 0 Å². The first-order valence-electron chi connectivity index (χ1n) is 6.94. The largest absolute Gasteiger partial charge is 0.481 e. The van der Waals surface area contributed by atoms with E-state index in [4.69, 9.17) is 5.11 Å². The minimum atomic E-state index is -0.754. The first-order valence-corrected chi connectivity index (χ1v) is 6.94. The zero-order chi connectivity index (χ0) is 13.1. The van der Waals surface area contributed by atoms with Gasteiger partial charge in [0.1, 0.15) is 0 Å². The zero-order valence-corrected chi connectivity index (χ0v) is 11.5. The van der Waals surface area contributed by atoms with Crippen LogP contribution in [0.5, 0.6) is 0 Å². The lowest BCUT2D eigenvalue weighted by Gasteiger charge is -2.19. The van der Waals surface area contributed by atoms with Gasteiger partial charge in [0.25, 0.3) is 0 Å². The molecule has 1 atom stereocenters. The van der Waals surface area contributed by atoms with Crippen LogP contribution in [-0.2, 0) is 4.79 Å². The molecule has 2 heteroatoms. The van der Waals surface area contributed by atoms with E-state index < -0.39 is 11.4 Å². The number of rotatable bonds is 11. The standard InChI is InChI=1S/C15H28O2/c1-4-6-7-8-9-10-11-12-13-15(3,5-2)14(16)17/h5H,2,4,6-13H2,1,3H3,(H,16,17). The summed E-state index contributed by atoms with van der Waals surface area (Å²) in [6.07, 6.45) is 12.2. The summed E-state index contributed by atoms with van der Waals surface area (Å²) in [5, 5.41) is 9.06. The molecule has 0 fully saturated rings. The molecule has 0 saturated heterocycles. The molecule has 2 nitrogen and oxygen atoms in total. The molecular weight excluding hydrogens is 212 g/mol. The summed E-state index contributed by atoms with van der Waals surface area (Å²) in [6, 6.07) is 0. The van der Waals surface area contributed by atoms with Gasteiger partial charge in [-0.3, -0.25) is 4.79 Å². The molecule has 0 aliphatic heterocycles. The van der Waals surface area contributed by atoms with Crippen LogP contribution in [0.2, 0.25) is 0 Å². The molecule has 0 aliphatic carbocycles. The van der Waals surface area contributed by atoms with E-state index in [0.29, 0.717) is 6.42 Å². The summed E-state index contributed by atoms with van der Waals surface area (Å²) >= 11 is 0. The highest BCUT2D eigenvalue weighted by atomic mass is 16.4. The second-order valence-corrected chi connectivity index (χ2v) is 5.15. The number of hydrogen-bond donors (Lipinski definition) is 1. The highest BCUT2D eigenvalue weighted by molar-refractivity contribution is 5.76. The van der Waals surface area contributed by atoms with Crippen molar-refractivity contribution < 1.29 is 9.90 Å². The van der Waals surface area contributed by atoms with Crippen LogP contribution in [0.3, 0.4) is 0 Å². The molecule has 0 amide bonds. The van der Waals surface area contributed by atoms with Gasteiger partial charge < -0.3 is 5.11 Å². The third-order valence-electron chi connectivity index (χ3n) is 3.49. The molecule has 1 N–H and O–H groups in total. The van der Waals surface area contributed by atoms with Crippen molar-refractivity contribution in [2.45, 2.75) is 71.6 Å². The molecule has 0 bridgehead atoms. The van der Waals surface area contributed by atoms with Crippen molar-refractivity contribution in [1.29, 1.82) is 0 Å². The molecule has 0 rings (SSSR count). The van der Waals surface area contributed by atoms with Crippen LogP contribution in [0.4, 0.5) is 0 Å². The highest BCUT2D eigenvalue weighted by Gasteiger charge is 2.28. The Balaban J connectivity index is 3.50. The Labute approximate surface area is 106 Å². The molecule has 0 radical (unpaired) electrons. The molecular formula is C15H28O2. The lowest BCUT2D eigenvalue weighted by atomic mass is 9.85. The van der Waals surface area contributed by atoms with Gasteiger partial charge in [-0.15, -0.1) is 6.58 Å². The van der Waals surface area contributed by atoms with Gasteiger partial charge in [0.05, 0.1) is 5.41 Å². The number of carboxylic acids is 1. The van der Waals surface area contributed by atoms with Gasteiger partial charge in [0.15, 0.2) is 0 Å². The minimum Gasteiger partial charge on any atom is -0.481 e. The van der Waals surface area contributed by atoms with Gasteiger partial charge in [-0.2, -0.15) is 0 Å². The van der Waals surface area contributed by atoms with Gasteiger partial charge in [0.2, 0.25) is 0 Å². The van der Waals surface area contributed by atoms with Gasteiger partial charge in [-0.05, 0) is 13.3 Å². The van der Waals surface area contributed by atoms with Crippen molar-refractivity contribution in [2.75, 3.05) is 0 Å². The van der Waals surface area contributed by atoms with Gasteiger partial charge in [0, 0.05) is 0 Å². The minimum absolute atomic E-state index is 0.709. The van der Waals surface area contributed by atoms with Crippen molar-refractivity contribution in [1.82, 2.24) is 0 Å². The van der Waals surface area contributed by atoms with Crippen molar-refractivity contribution in [3.05, 3.63) is 12.7 Å². The third-order valence-corrected chi connectivity index (χ3v) is 3.49. The van der Waals surface area contributed by atoms with E-state index in [1.54, 1.807) is 13.0 Å². The average Bonchev–Trinajstić information content (AvgIpc) is 2.32. The summed E-state index contributed by atoms with van der Waals surface area (Å²) < 4.78 is 0. The lowest BCUT2D eigenvalue weighted by molar-refractivity contribution is -0.145. The van der Waals surface area contributed by atoms with Crippen molar-refractivity contribution in [2.24, 2.45) is 5.41 Å². The second-order valence-electron chi connectivity index (χ2n) is 5.15. The monoisotopic (exact) mass is 240 g/mol. The normalized spacial score (nSPS) is 14.2. The summed E-state index contributed by atoms with van der Waals surface area (Å²) in [5.74, 6) is -0.754. The van der Waals surface area contributed by atoms with Crippen LogP contribution in [0.25, 0.3) is 0 Å². The quantitative estimate of drug-likeness (QED) is 0.416. The van der Waals surface area contributed by atoms with Crippen LogP contribution < -0.4 is 0 Å². The molecule has 17 heavy (non-hydrogen) atoms. The van der Waals surface area contributed by atoms with Crippen molar-refractivity contribution in [3.63, 3.8) is 0 Å². The van der Waals surface area contributed by atoms with E-state index in [0.717, 1.165) is 12.8 Å². The zero-order valence-electron chi connectivity index (χ0n) is 11.5. The van der Waals surface area contributed by atoms with Crippen LogP contribution in [-0.4, -0.2) is 11.1 Å². The topological polar surface area (TPSA) is 37.3 Å². The fraction of sp³-hybridized carbons (Fsp3) is 0.800. The summed E-state index contributed by atoms with van der Waals surface area (Å²) in [6.45, 7) is 7.60. The number of unbranched alkanes of at least 4 members (excludes halogenated alkanes) is 7. The van der Waals surface area contributed by atoms with Crippen molar-refractivity contribution >= 4 is 5.97 Å². The Morgan fingerprint density at radius 1 is 1.12 bits per heavy atom. The molecule has 0 heterocycles. The fourth-order valence-corrected chi connectivity index (χ4v) is 1.92. The smallest absolute Gasteiger partial charge is 0.313 e. The Kier molecular flexibility index (Phi) is 8.83. The Morgan fingerprint density at radius 3 is 2.00 bits per heavy atom. The average molecular weight is 240 g/mol. The summed E-state index contributed by atoms with van der Waals surface area (Å²) in [5.41, 5.74) is -0.734. The van der Waals surface area contributed by atoms with E-state index in [-0.39, 0.29) is 0 Å². The Hall–Kier alpha value is -0.790. The SMILES string of the molecule is C=CC(C)(CCCCCCCCCC)C(=O)O. The maximum absolute atomic E-state index is 11.0. The molecule has 0 aromatic carbocycles. The number of aliphatic carboxylic acids is 1. The van der Waals surface area contributed by atoms with E-state index in [2.05, 4.69) is 13.5 Å². The first kappa shape index (κ1) is 16.2. The third kappa shape index (κ3) is 7.19. The molecule has 0 aromatic rings. The number of carboxylic acid groups (broad SMARTS) is 1. The molecule has 0 aliphatic rings.